The van der Waals surface area contributed by atoms with Gasteiger partial charge in [-0.3, -0.25) is 14.9 Å². The van der Waals surface area contributed by atoms with Gasteiger partial charge in [-0.25, -0.2) is 4.98 Å². The summed E-state index contributed by atoms with van der Waals surface area (Å²) in [5, 5.41) is 17.9. The van der Waals surface area contributed by atoms with Gasteiger partial charge in [0, 0.05) is 24.8 Å². The molecule has 39 heavy (non-hydrogen) atoms. The smallest absolute Gasteiger partial charge is 0.310 e. The Morgan fingerprint density at radius 3 is 2.38 bits per heavy atom. The summed E-state index contributed by atoms with van der Waals surface area (Å²) in [7, 11) is 2.95. The number of amides is 1. The van der Waals surface area contributed by atoms with Crippen molar-refractivity contribution in [1.82, 2.24) is 4.98 Å². The van der Waals surface area contributed by atoms with Gasteiger partial charge in [0.25, 0.3) is 5.91 Å². The lowest BCUT2D eigenvalue weighted by atomic mass is 10.0. The number of nitro groups is 1. The molecule has 0 aliphatic carbocycles. The molecular weight excluding hydrogens is 524 g/mol. The first kappa shape index (κ1) is 25.8. The summed E-state index contributed by atoms with van der Waals surface area (Å²) in [5.74, 6) is 0.951. The van der Waals surface area contributed by atoms with E-state index in [-0.39, 0.29) is 22.5 Å². The molecule has 0 fully saturated rings. The second-order valence-electron chi connectivity index (χ2n) is 8.58. The van der Waals surface area contributed by atoms with Crippen LogP contribution in [0.4, 0.5) is 22.7 Å². The van der Waals surface area contributed by atoms with Gasteiger partial charge < -0.3 is 24.8 Å². The zero-order valence-corrected chi connectivity index (χ0v) is 21.7. The fourth-order valence-corrected chi connectivity index (χ4v) is 4.51. The van der Waals surface area contributed by atoms with Crippen molar-refractivity contribution in [2.75, 3.05) is 31.5 Å². The van der Waals surface area contributed by atoms with Crippen LogP contribution in [0.25, 0.3) is 11.1 Å². The Labute approximate surface area is 228 Å². The second-order valence-corrected chi connectivity index (χ2v) is 8.94. The number of fused-ring (bicyclic) bond motifs is 2. The van der Waals surface area contributed by atoms with Crippen LogP contribution in [0.15, 0.2) is 66.9 Å². The van der Waals surface area contributed by atoms with Crippen molar-refractivity contribution in [1.29, 1.82) is 0 Å². The Kier molecular flexibility index (Phi) is 7.20. The summed E-state index contributed by atoms with van der Waals surface area (Å²) in [6, 6.07) is 17.1. The molecule has 198 valence electrons. The number of anilines is 3. The number of halogens is 1. The quantitative estimate of drug-likeness (QED) is 0.151. The zero-order valence-electron chi connectivity index (χ0n) is 21.0. The third-order valence-corrected chi connectivity index (χ3v) is 6.55. The molecule has 0 saturated heterocycles. The average Bonchev–Trinajstić information content (AvgIpc) is 3.07. The number of benzene rings is 3. The van der Waals surface area contributed by atoms with E-state index in [0.717, 1.165) is 11.1 Å². The number of hydrogen-bond donors (Lipinski definition) is 2. The minimum Gasteiger partial charge on any atom is -0.496 e. The monoisotopic (exact) mass is 546 g/mol. The first-order valence-corrected chi connectivity index (χ1v) is 12.2. The molecule has 10 nitrogen and oxygen atoms in total. The Morgan fingerprint density at radius 2 is 1.64 bits per heavy atom. The van der Waals surface area contributed by atoms with Gasteiger partial charge in [0.1, 0.15) is 5.75 Å². The predicted octanol–water partition coefficient (Wildman–Crippen LogP) is 6.26. The maximum absolute atomic E-state index is 13.1. The van der Waals surface area contributed by atoms with Crippen LogP contribution < -0.4 is 24.8 Å². The van der Waals surface area contributed by atoms with Crippen LogP contribution in [-0.2, 0) is 6.42 Å². The average molecular weight is 547 g/mol. The lowest BCUT2D eigenvalue weighted by Gasteiger charge is -2.16. The van der Waals surface area contributed by atoms with Crippen molar-refractivity contribution in [2.24, 2.45) is 0 Å². The van der Waals surface area contributed by atoms with E-state index in [1.807, 2.05) is 12.1 Å². The fraction of sp³-hybridized carbons (Fsp3) is 0.143. The predicted molar refractivity (Wildman–Crippen MR) is 148 cm³/mol. The molecule has 11 heteroatoms. The number of carbonyl (C=O) groups excluding carboxylic acids is 1. The molecule has 0 atom stereocenters. The molecule has 0 unspecified atom stereocenters. The number of nitro benzene ring substituents is 1. The molecule has 1 amide bonds. The van der Waals surface area contributed by atoms with Crippen LogP contribution in [0, 0.1) is 10.1 Å². The molecule has 0 radical (unpaired) electrons. The normalized spacial score (nSPS) is 11.8. The summed E-state index contributed by atoms with van der Waals surface area (Å²) >= 11 is 6.09. The van der Waals surface area contributed by atoms with Crippen molar-refractivity contribution in [3.05, 3.63) is 93.3 Å². The van der Waals surface area contributed by atoms with Crippen LogP contribution >= 0.6 is 11.6 Å². The zero-order chi connectivity index (χ0) is 27.5. The molecule has 3 aromatic carbocycles. The van der Waals surface area contributed by atoms with Gasteiger partial charge >= 0.3 is 5.69 Å². The summed E-state index contributed by atoms with van der Waals surface area (Å²) in [5.41, 5.74) is 4.45. The molecule has 1 aliphatic rings. The van der Waals surface area contributed by atoms with E-state index < -0.39 is 4.92 Å². The van der Waals surface area contributed by atoms with Crippen LogP contribution in [0.3, 0.4) is 0 Å². The Hall–Kier alpha value is -4.83. The molecule has 1 aliphatic heterocycles. The second kappa shape index (κ2) is 10.9. The van der Waals surface area contributed by atoms with Gasteiger partial charge in [-0.2, -0.15) is 0 Å². The number of carbonyl (C=O) groups is 1. The third-order valence-electron chi connectivity index (χ3n) is 6.27. The van der Waals surface area contributed by atoms with E-state index in [2.05, 4.69) is 15.6 Å². The highest BCUT2D eigenvalue weighted by Crippen LogP contribution is 2.39. The van der Waals surface area contributed by atoms with Crippen molar-refractivity contribution >= 4 is 40.3 Å². The van der Waals surface area contributed by atoms with E-state index >= 15 is 0 Å². The minimum atomic E-state index is -0.495. The highest BCUT2D eigenvalue weighted by atomic mass is 35.5. The van der Waals surface area contributed by atoms with Gasteiger partial charge in [0.2, 0.25) is 0 Å². The maximum atomic E-state index is 13.1. The van der Waals surface area contributed by atoms with Crippen LogP contribution in [-0.4, -0.2) is 36.6 Å². The van der Waals surface area contributed by atoms with E-state index in [0.29, 0.717) is 52.7 Å². The summed E-state index contributed by atoms with van der Waals surface area (Å²) in [6.45, 7) is 0.329. The Bertz CT molecular complexity index is 1590. The molecule has 2 heterocycles. The first-order valence-electron chi connectivity index (χ1n) is 11.9. The number of rotatable bonds is 8. The van der Waals surface area contributed by atoms with Crippen LogP contribution in [0.2, 0.25) is 5.15 Å². The topological polar surface area (TPSA) is 125 Å². The molecule has 0 bridgehead atoms. The van der Waals surface area contributed by atoms with Crippen LogP contribution in [0.1, 0.15) is 15.9 Å². The number of pyridine rings is 1. The largest absolute Gasteiger partial charge is 0.496 e. The number of methoxy groups -OCH3 is 2. The molecule has 2 N–H and O–H groups in total. The third kappa shape index (κ3) is 5.27. The van der Waals surface area contributed by atoms with Crippen molar-refractivity contribution in [2.45, 2.75) is 6.42 Å². The van der Waals surface area contributed by atoms with E-state index in [1.54, 1.807) is 55.8 Å². The SMILES string of the molecule is COc1cc2c(cc1CCOc1cccnc1Cl)Nc1cc(-c3ccc([N+](=O)[O-])c(OC)c3)ccc1C(=O)N2. The number of ether oxygens (including phenoxy) is 3. The van der Waals surface area contributed by atoms with Gasteiger partial charge in [-0.05, 0) is 59.2 Å². The van der Waals surface area contributed by atoms with Crippen molar-refractivity contribution in [3.8, 4) is 28.4 Å². The van der Waals surface area contributed by atoms with Crippen molar-refractivity contribution < 1.29 is 23.9 Å². The van der Waals surface area contributed by atoms with Gasteiger partial charge in [0.15, 0.2) is 16.7 Å². The molecule has 4 aromatic rings. The molecular formula is C28H23ClN4O6. The summed E-state index contributed by atoms with van der Waals surface area (Å²) in [6.07, 6.45) is 2.10. The van der Waals surface area contributed by atoms with Crippen LogP contribution in [0.5, 0.6) is 17.2 Å². The maximum Gasteiger partial charge on any atom is 0.310 e. The van der Waals surface area contributed by atoms with E-state index in [9.17, 15) is 14.9 Å². The lowest BCUT2D eigenvalue weighted by Crippen LogP contribution is -2.11. The Morgan fingerprint density at radius 1 is 0.897 bits per heavy atom. The summed E-state index contributed by atoms with van der Waals surface area (Å²) < 4.78 is 16.6. The molecule has 5 rings (SSSR count). The van der Waals surface area contributed by atoms with E-state index in [4.69, 9.17) is 25.8 Å². The number of nitrogens with one attached hydrogen (secondary N) is 2. The number of aromatic nitrogens is 1. The van der Waals surface area contributed by atoms with Gasteiger partial charge in [0.05, 0.1) is 48.4 Å². The summed E-state index contributed by atoms with van der Waals surface area (Å²) in [4.78, 5) is 27.9. The highest BCUT2D eigenvalue weighted by Gasteiger charge is 2.22. The standard InChI is InChI=1S/C28H23ClN4O6/c1-37-25-15-22-21(13-18(25)9-11-39-24-4-3-10-30-27(24)29)31-20-12-16(5-7-19(20)28(34)32-22)17-6-8-23(33(35)36)26(14-17)38-2/h3-8,10,12-15,31H,9,11H2,1-2H3,(H,32,34). The molecule has 1 aromatic heterocycles. The van der Waals surface area contributed by atoms with Crippen molar-refractivity contribution in [3.63, 3.8) is 0 Å². The van der Waals surface area contributed by atoms with Gasteiger partial charge in [-0.15, -0.1) is 0 Å². The Balaban J connectivity index is 1.45. The first-order chi connectivity index (χ1) is 18.9. The van der Waals surface area contributed by atoms with Gasteiger partial charge in [-0.1, -0.05) is 17.7 Å². The highest BCUT2D eigenvalue weighted by molar-refractivity contribution is 6.30. The molecule has 0 saturated carbocycles. The number of nitrogens with zero attached hydrogens (tertiary/aromatic N) is 2. The fourth-order valence-electron chi connectivity index (χ4n) is 4.33. The lowest BCUT2D eigenvalue weighted by molar-refractivity contribution is -0.385. The molecule has 0 spiro atoms. The van der Waals surface area contributed by atoms with E-state index in [1.165, 1.54) is 13.2 Å². The number of hydrogen-bond acceptors (Lipinski definition) is 8. The minimum absolute atomic E-state index is 0.126.